The molecule has 3 rings (SSSR count). The fraction of sp³-hybridized carbons (Fsp3) is 0.611. The van der Waals surface area contributed by atoms with E-state index in [4.69, 9.17) is 9.47 Å². The molecule has 0 radical (unpaired) electrons. The third-order valence-electron chi connectivity index (χ3n) is 4.44. The lowest BCUT2D eigenvalue weighted by molar-refractivity contribution is -0.131. The lowest BCUT2D eigenvalue weighted by Gasteiger charge is -2.21. The Hall–Kier alpha value is -1.01. The maximum atomic E-state index is 12.5. The fourth-order valence-electron chi connectivity index (χ4n) is 3.01. The summed E-state index contributed by atoms with van der Waals surface area (Å²) < 4.78 is 10.7. The van der Waals surface area contributed by atoms with Gasteiger partial charge in [0, 0.05) is 30.5 Å². The van der Waals surface area contributed by atoms with Crippen molar-refractivity contribution in [2.24, 2.45) is 0 Å². The van der Waals surface area contributed by atoms with Crippen molar-refractivity contribution in [1.82, 2.24) is 4.90 Å². The average molecular weight is 368 g/mol. The van der Waals surface area contributed by atoms with Crippen LogP contribution in [0.5, 0.6) is 11.5 Å². The SMILES string of the molecule is CCN(Cc1ccc2c(c1)OCO2)C(=O)CCCCC1CCSS1. The highest BCUT2D eigenvalue weighted by molar-refractivity contribution is 8.77. The molecule has 0 spiro atoms. The van der Waals surface area contributed by atoms with E-state index < -0.39 is 0 Å². The van der Waals surface area contributed by atoms with E-state index in [2.05, 4.69) is 0 Å². The molecular weight excluding hydrogens is 342 g/mol. The molecule has 1 atom stereocenters. The Labute approximate surface area is 152 Å². The Kier molecular flexibility index (Phi) is 6.60. The highest BCUT2D eigenvalue weighted by Crippen LogP contribution is 2.40. The third-order valence-corrected chi connectivity index (χ3v) is 7.45. The van der Waals surface area contributed by atoms with Crippen LogP contribution in [0.1, 0.15) is 44.6 Å². The molecule has 132 valence electrons. The minimum absolute atomic E-state index is 0.253. The molecule has 0 N–H and O–H groups in total. The van der Waals surface area contributed by atoms with E-state index >= 15 is 0 Å². The quantitative estimate of drug-likeness (QED) is 0.500. The molecule has 24 heavy (non-hydrogen) atoms. The number of carbonyl (C=O) groups is 1. The van der Waals surface area contributed by atoms with Crippen molar-refractivity contribution in [2.75, 3.05) is 19.1 Å². The van der Waals surface area contributed by atoms with Gasteiger partial charge in [-0.25, -0.2) is 0 Å². The molecule has 2 aliphatic rings. The van der Waals surface area contributed by atoms with Crippen molar-refractivity contribution >= 4 is 27.5 Å². The zero-order valence-corrected chi connectivity index (χ0v) is 15.8. The van der Waals surface area contributed by atoms with E-state index in [-0.39, 0.29) is 12.7 Å². The summed E-state index contributed by atoms with van der Waals surface area (Å²) in [5.41, 5.74) is 1.09. The van der Waals surface area contributed by atoms with E-state index in [1.807, 2.05) is 51.6 Å². The highest BCUT2D eigenvalue weighted by Gasteiger charge is 2.18. The summed E-state index contributed by atoms with van der Waals surface area (Å²) >= 11 is 0. The fourth-order valence-corrected chi connectivity index (χ4v) is 6.03. The van der Waals surface area contributed by atoms with Gasteiger partial charge in [0.15, 0.2) is 11.5 Å². The van der Waals surface area contributed by atoms with Crippen LogP contribution >= 0.6 is 21.6 Å². The number of rotatable bonds is 8. The number of benzene rings is 1. The number of amides is 1. The molecule has 0 bridgehead atoms. The van der Waals surface area contributed by atoms with Gasteiger partial charge in [0.25, 0.3) is 0 Å². The van der Waals surface area contributed by atoms with Gasteiger partial charge in [-0.1, -0.05) is 34.1 Å². The van der Waals surface area contributed by atoms with Crippen LogP contribution in [0.4, 0.5) is 0 Å². The van der Waals surface area contributed by atoms with Gasteiger partial charge in [-0.05, 0) is 43.9 Å². The van der Waals surface area contributed by atoms with Crippen molar-refractivity contribution in [3.63, 3.8) is 0 Å². The van der Waals surface area contributed by atoms with E-state index in [1.54, 1.807) is 0 Å². The van der Waals surface area contributed by atoms with Gasteiger partial charge in [-0.2, -0.15) is 0 Å². The minimum Gasteiger partial charge on any atom is -0.454 e. The molecular formula is C18H25NO3S2. The summed E-state index contributed by atoms with van der Waals surface area (Å²) in [5, 5.41) is 0.806. The Morgan fingerprint density at radius 1 is 1.29 bits per heavy atom. The number of carbonyl (C=O) groups excluding carboxylic acids is 1. The predicted molar refractivity (Wildman–Crippen MR) is 101 cm³/mol. The first-order valence-corrected chi connectivity index (χ1v) is 11.1. The summed E-state index contributed by atoms with van der Waals surface area (Å²) in [4.78, 5) is 14.4. The number of ether oxygens (including phenoxy) is 2. The Balaban J connectivity index is 1.43. The monoisotopic (exact) mass is 367 g/mol. The van der Waals surface area contributed by atoms with E-state index in [9.17, 15) is 4.79 Å². The lowest BCUT2D eigenvalue weighted by atomic mass is 10.1. The van der Waals surface area contributed by atoms with Crippen LogP contribution in [-0.4, -0.2) is 35.1 Å². The molecule has 1 unspecified atom stereocenters. The molecule has 2 aliphatic heterocycles. The molecule has 0 saturated carbocycles. The van der Waals surface area contributed by atoms with Gasteiger partial charge < -0.3 is 14.4 Å². The first-order chi connectivity index (χ1) is 11.8. The van der Waals surface area contributed by atoms with Crippen LogP contribution in [0.3, 0.4) is 0 Å². The highest BCUT2D eigenvalue weighted by atomic mass is 33.1. The summed E-state index contributed by atoms with van der Waals surface area (Å²) in [5.74, 6) is 3.11. The van der Waals surface area contributed by atoms with E-state index in [0.717, 1.165) is 41.7 Å². The standard InChI is InChI=1S/C18H25NO3S2/c1-2-19(12-14-7-8-16-17(11-14)22-13-21-16)18(20)6-4-3-5-15-9-10-23-24-15/h7-8,11,15H,2-6,9-10,12-13H2,1H3. The summed E-state index contributed by atoms with van der Waals surface area (Å²) in [6.45, 7) is 3.70. The van der Waals surface area contributed by atoms with Crippen LogP contribution < -0.4 is 9.47 Å². The van der Waals surface area contributed by atoms with Crippen molar-refractivity contribution in [1.29, 1.82) is 0 Å². The normalized spacial score (nSPS) is 18.8. The Morgan fingerprint density at radius 3 is 2.96 bits per heavy atom. The second-order valence-corrected chi connectivity index (χ2v) is 8.96. The van der Waals surface area contributed by atoms with Gasteiger partial charge in [-0.15, -0.1) is 0 Å². The second-order valence-electron chi connectivity index (χ2n) is 6.17. The molecule has 1 saturated heterocycles. The Bertz CT molecular complexity index is 561. The lowest BCUT2D eigenvalue weighted by Crippen LogP contribution is -2.30. The molecule has 1 fully saturated rings. The number of hydrogen-bond acceptors (Lipinski definition) is 5. The van der Waals surface area contributed by atoms with E-state index in [0.29, 0.717) is 13.0 Å². The number of hydrogen-bond donors (Lipinski definition) is 0. The zero-order valence-electron chi connectivity index (χ0n) is 14.2. The number of unbranched alkanes of at least 4 members (excludes halogenated alkanes) is 1. The molecule has 1 aromatic carbocycles. The number of fused-ring (bicyclic) bond motifs is 1. The van der Waals surface area contributed by atoms with Crippen LogP contribution in [0, 0.1) is 0 Å². The van der Waals surface area contributed by atoms with Crippen LogP contribution in [-0.2, 0) is 11.3 Å². The topological polar surface area (TPSA) is 38.8 Å². The first kappa shape index (κ1) is 17.8. The maximum Gasteiger partial charge on any atom is 0.231 e. The molecule has 4 nitrogen and oxygen atoms in total. The zero-order chi connectivity index (χ0) is 16.8. The van der Waals surface area contributed by atoms with Crippen LogP contribution in [0.2, 0.25) is 0 Å². The van der Waals surface area contributed by atoms with Crippen LogP contribution in [0.15, 0.2) is 18.2 Å². The first-order valence-electron chi connectivity index (χ1n) is 8.71. The smallest absolute Gasteiger partial charge is 0.231 e. The summed E-state index contributed by atoms with van der Waals surface area (Å²) in [6, 6.07) is 5.92. The predicted octanol–water partition coefficient (Wildman–Crippen LogP) is 4.48. The van der Waals surface area contributed by atoms with Crippen molar-refractivity contribution < 1.29 is 14.3 Å². The van der Waals surface area contributed by atoms with Gasteiger partial charge in [0.05, 0.1) is 0 Å². The van der Waals surface area contributed by atoms with Crippen LogP contribution in [0.25, 0.3) is 0 Å². The summed E-state index contributed by atoms with van der Waals surface area (Å²) in [6.07, 6.45) is 5.39. The number of nitrogens with zero attached hydrogens (tertiary/aromatic N) is 1. The Morgan fingerprint density at radius 2 is 2.17 bits per heavy atom. The van der Waals surface area contributed by atoms with Gasteiger partial charge in [-0.3, -0.25) is 4.79 Å². The maximum absolute atomic E-state index is 12.5. The summed E-state index contributed by atoms with van der Waals surface area (Å²) in [7, 11) is 4.01. The van der Waals surface area contributed by atoms with Crippen molar-refractivity contribution in [3.05, 3.63) is 23.8 Å². The van der Waals surface area contributed by atoms with Crippen molar-refractivity contribution in [3.8, 4) is 11.5 Å². The van der Waals surface area contributed by atoms with Gasteiger partial charge in [0.1, 0.15) is 0 Å². The van der Waals surface area contributed by atoms with E-state index in [1.165, 1.54) is 18.6 Å². The second kappa shape index (κ2) is 8.90. The minimum atomic E-state index is 0.253. The average Bonchev–Trinajstić information content (AvgIpc) is 3.27. The molecule has 0 aliphatic carbocycles. The van der Waals surface area contributed by atoms with Gasteiger partial charge in [0.2, 0.25) is 12.7 Å². The molecule has 0 aromatic heterocycles. The largest absolute Gasteiger partial charge is 0.454 e. The molecule has 1 amide bonds. The van der Waals surface area contributed by atoms with Gasteiger partial charge >= 0.3 is 0 Å². The molecule has 2 heterocycles. The molecule has 1 aromatic rings. The molecule has 6 heteroatoms. The van der Waals surface area contributed by atoms with Crippen molar-refractivity contribution in [2.45, 2.75) is 50.8 Å². The third kappa shape index (κ3) is 4.76.